The third-order valence-corrected chi connectivity index (χ3v) is 5.25. The standard InChI is InChI=1S/C18H18ClF3N2O3S/c1-28(26,27)24(16-11-14(18(20,21)22)7-8-15(16)19)12-17(25)23-10-9-13-5-3-2-4-6-13/h2-8,11H,9-10,12H2,1H3,(H,23,25). The van der Waals surface area contributed by atoms with Gasteiger partial charge >= 0.3 is 6.18 Å². The van der Waals surface area contributed by atoms with E-state index in [9.17, 15) is 26.4 Å². The molecule has 1 N–H and O–H groups in total. The molecular formula is C18H18ClF3N2O3S. The molecule has 0 aliphatic heterocycles. The number of alkyl halides is 3. The van der Waals surface area contributed by atoms with E-state index >= 15 is 0 Å². The fourth-order valence-electron chi connectivity index (χ4n) is 2.44. The van der Waals surface area contributed by atoms with Crippen molar-refractivity contribution in [3.63, 3.8) is 0 Å². The van der Waals surface area contributed by atoms with E-state index in [0.29, 0.717) is 16.8 Å². The highest BCUT2D eigenvalue weighted by atomic mass is 35.5. The number of rotatable bonds is 7. The molecule has 0 fully saturated rings. The van der Waals surface area contributed by atoms with Gasteiger partial charge in [0.25, 0.3) is 0 Å². The molecule has 0 unspecified atom stereocenters. The average molecular weight is 435 g/mol. The van der Waals surface area contributed by atoms with Crippen molar-refractivity contribution >= 4 is 33.2 Å². The molecule has 0 spiro atoms. The Hall–Kier alpha value is -2.26. The number of carbonyl (C=O) groups is 1. The van der Waals surface area contributed by atoms with Crippen molar-refractivity contribution in [2.45, 2.75) is 12.6 Å². The van der Waals surface area contributed by atoms with Crippen molar-refractivity contribution < 1.29 is 26.4 Å². The minimum Gasteiger partial charge on any atom is -0.354 e. The van der Waals surface area contributed by atoms with Crippen LogP contribution < -0.4 is 9.62 Å². The average Bonchev–Trinajstić information content (AvgIpc) is 2.59. The number of carbonyl (C=O) groups excluding carboxylic acids is 1. The van der Waals surface area contributed by atoms with Crippen LogP contribution in [0.25, 0.3) is 0 Å². The zero-order valence-electron chi connectivity index (χ0n) is 14.8. The van der Waals surface area contributed by atoms with E-state index in [0.717, 1.165) is 24.0 Å². The van der Waals surface area contributed by atoms with Crippen molar-refractivity contribution in [1.29, 1.82) is 0 Å². The van der Waals surface area contributed by atoms with Gasteiger partial charge in [0, 0.05) is 6.54 Å². The van der Waals surface area contributed by atoms with Crippen LogP contribution in [0.5, 0.6) is 0 Å². The summed E-state index contributed by atoms with van der Waals surface area (Å²) in [6, 6.07) is 11.6. The number of amides is 1. The predicted octanol–water partition coefficient (Wildman–Crippen LogP) is 3.48. The number of halogens is 4. The molecule has 2 aromatic carbocycles. The zero-order valence-corrected chi connectivity index (χ0v) is 16.4. The second-order valence-electron chi connectivity index (χ2n) is 6.02. The second-order valence-corrected chi connectivity index (χ2v) is 8.33. The Morgan fingerprint density at radius 3 is 2.36 bits per heavy atom. The molecule has 0 atom stereocenters. The summed E-state index contributed by atoms with van der Waals surface area (Å²) in [5.74, 6) is -0.658. The van der Waals surface area contributed by atoms with Crippen LogP contribution in [0.3, 0.4) is 0 Å². The van der Waals surface area contributed by atoms with E-state index in [2.05, 4.69) is 5.32 Å². The number of sulfonamides is 1. The van der Waals surface area contributed by atoms with Gasteiger partial charge in [0.1, 0.15) is 6.54 Å². The molecule has 10 heteroatoms. The molecule has 2 aromatic rings. The van der Waals surface area contributed by atoms with Crippen molar-refractivity contribution in [3.05, 3.63) is 64.7 Å². The lowest BCUT2D eigenvalue weighted by Gasteiger charge is -2.24. The van der Waals surface area contributed by atoms with Crippen molar-refractivity contribution in [1.82, 2.24) is 5.32 Å². The predicted molar refractivity (Wildman–Crippen MR) is 102 cm³/mol. The Labute approximate surface area is 166 Å². The maximum absolute atomic E-state index is 13.0. The van der Waals surface area contributed by atoms with Gasteiger partial charge in [0.05, 0.1) is 22.5 Å². The minimum absolute atomic E-state index is 0.212. The number of anilines is 1. The zero-order chi connectivity index (χ0) is 20.9. The molecule has 0 aromatic heterocycles. The Bertz CT molecular complexity index is 935. The number of nitrogens with one attached hydrogen (secondary N) is 1. The first-order chi connectivity index (χ1) is 13.0. The van der Waals surface area contributed by atoms with Crippen LogP contribution in [0, 0.1) is 0 Å². The molecule has 5 nitrogen and oxygen atoms in total. The molecule has 0 radical (unpaired) electrons. The first kappa shape index (κ1) is 22.0. The van der Waals surface area contributed by atoms with Gasteiger partial charge < -0.3 is 5.32 Å². The van der Waals surface area contributed by atoms with Crippen LogP contribution >= 0.6 is 11.6 Å². The number of hydrogen-bond acceptors (Lipinski definition) is 3. The molecule has 2 rings (SSSR count). The number of nitrogens with zero attached hydrogens (tertiary/aromatic N) is 1. The molecule has 0 aliphatic rings. The van der Waals surface area contributed by atoms with Gasteiger partial charge in [-0.2, -0.15) is 13.2 Å². The molecular weight excluding hydrogens is 417 g/mol. The molecule has 0 aliphatic carbocycles. The van der Waals surface area contributed by atoms with Gasteiger partial charge in [0.15, 0.2) is 0 Å². The Kier molecular flexibility index (Phi) is 6.95. The van der Waals surface area contributed by atoms with Crippen LogP contribution in [0.1, 0.15) is 11.1 Å². The lowest BCUT2D eigenvalue weighted by Crippen LogP contribution is -2.41. The third kappa shape index (κ3) is 6.13. The van der Waals surface area contributed by atoms with Crippen LogP contribution in [0.2, 0.25) is 5.02 Å². The molecule has 152 valence electrons. The van der Waals surface area contributed by atoms with Gasteiger partial charge in [-0.15, -0.1) is 0 Å². The minimum atomic E-state index is -4.68. The first-order valence-electron chi connectivity index (χ1n) is 8.13. The molecule has 0 saturated carbocycles. The smallest absolute Gasteiger partial charge is 0.354 e. The monoisotopic (exact) mass is 434 g/mol. The van der Waals surface area contributed by atoms with E-state index in [1.807, 2.05) is 30.3 Å². The molecule has 0 saturated heterocycles. The number of benzene rings is 2. The summed E-state index contributed by atoms with van der Waals surface area (Å²) in [7, 11) is -4.05. The lowest BCUT2D eigenvalue weighted by atomic mass is 10.1. The van der Waals surface area contributed by atoms with Gasteiger partial charge in [-0.3, -0.25) is 9.10 Å². The van der Waals surface area contributed by atoms with Gasteiger partial charge in [-0.25, -0.2) is 8.42 Å². The van der Waals surface area contributed by atoms with Crippen LogP contribution in [-0.4, -0.2) is 33.7 Å². The van der Waals surface area contributed by atoms with Crippen LogP contribution in [-0.2, 0) is 27.4 Å². The summed E-state index contributed by atoms with van der Waals surface area (Å²) in [6.45, 7) is -0.439. The van der Waals surface area contributed by atoms with Gasteiger partial charge in [-0.05, 0) is 30.2 Å². The lowest BCUT2D eigenvalue weighted by molar-refractivity contribution is -0.137. The van der Waals surface area contributed by atoms with Gasteiger partial charge in [0.2, 0.25) is 15.9 Å². The third-order valence-electron chi connectivity index (χ3n) is 3.81. The van der Waals surface area contributed by atoms with E-state index in [1.54, 1.807) is 0 Å². The maximum atomic E-state index is 13.0. The van der Waals surface area contributed by atoms with E-state index in [-0.39, 0.29) is 11.6 Å². The summed E-state index contributed by atoms with van der Waals surface area (Å²) in [5.41, 5.74) is -0.495. The highest BCUT2D eigenvalue weighted by Crippen LogP contribution is 2.36. The quantitative estimate of drug-likeness (QED) is 0.725. The topological polar surface area (TPSA) is 66.5 Å². The fraction of sp³-hybridized carbons (Fsp3) is 0.278. The summed E-state index contributed by atoms with van der Waals surface area (Å²) >= 11 is 5.91. The first-order valence-corrected chi connectivity index (χ1v) is 10.4. The maximum Gasteiger partial charge on any atom is 0.416 e. The van der Waals surface area contributed by atoms with E-state index in [1.165, 1.54) is 0 Å². The highest BCUT2D eigenvalue weighted by molar-refractivity contribution is 7.92. The summed E-state index contributed by atoms with van der Waals surface area (Å²) in [6.07, 6.45) is -3.36. The molecule has 28 heavy (non-hydrogen) atoms. The summed E-state index contributed by atoms with van der Waals surface area (Å²) in [5, 5.41) is 2.34. The van der Waals surface area contributed by atoms with Crippen LogP contribution in [0.4, 0.5) is 18.9 Å². The summed E-state index contributed by atoms with van der Waals surface area (Å²) < 4.78 is 63.6. The number of hydrogen-bond donors (Lipinski definition) is 1. The van der Waals surface area contributed by atoms with Crippen molar-refractivity contribution in [2.24, 2.45) is 0 Å². The molecule has 0 bridgehead atoms. The fourth-order valence-corrected chi connectivity index (χ4v) is 3.57. The van der Waals surface area contributed by atoms with Crippen molar-refractivity contribution in [2.75, 3.05) is 23.7 Å². The van der Waals surface area contributed by atoms with Gasteiger partial charge in [-0.1, -0.05) is 41.9 Å². The largest absolute Gasteiger partial charge is 0.416 e. The second kappa shape index (κ2) is 8.83. The molecule has 1 amide bonds. The molecule has 0 heterocycles. The van der Waals surface area contributed by atoms with E-state index in [4.69, 9.17) is 11.6 Å². The Morgan fingerprint density at radius 2 is 1.79 bits per heavy atom. The summed E-state index contributed by atoms with van der Waals surface area (Å²) in [4.78, 5) is 12.2. The Morgan fingerprint density at radius 1 is 1.14 bits per heavy atom. The SMILES string of the molecule is CS(=O)(=O)N(CC(=O)NCCc1ccccc1)c1cc(C(F)(F)F)ccc1Cl. The van der Waals surface area contributed by atoms with E-state index < -0.39 is 39.9 Å². The van der Waals surface area contributed by atoms with Crippen LogP contribution in [0.15, 0.2) is 48.5 Å². The normalized spacial score (nSPS) is 11.9. The van der Waals surface area contributed by atoms with Crippen molar-refractivity contribution in [3.8, 4) is 0 Å². The Balaban J connectivity index is 2.15. The highest BCUT2D eigenvalue weighted by Gasteiger charge is 2.33.